The van der Waals surface area contributed by atoms with Crippen molar-refractivity contribution < 1.29 is 4.79 Å². The minimum atomic E-state index is -0.680. The number of nitrogens with zero attached hydrogens (tertiary/aromatic N) is 5. The number of nitrogens with one attached hydrogen (secondary N) is 1. The zero-order valence-electron chi connectivity index (χ0n) is 21.7. The van der Waals surface area contributed by atoms with Crippen molar-refractivity contribution in [3.63, 3.8) is 0 Å². The van der Waals surface area contributed by atoms with Crippen LogP contribution in [0.2, 0.25) is 5.15 Å². The Kier molecular flexibility index (Phi) is 5.36. The van der Waals surface area contributed by atoms with E-state index in [4.69, 9.17) is 22.3 Å². The number of halogens is 1. The first-order valence-electron chi connectivity index (χ1n) is 12.6. The summed E-state index contributed by atoms with van der Waals surface area (Å²) in [5.41, 5.74) is 9.21. The zero-order chi connectivity index (χ0) is 27.0. The maximum Gasteiger partial charge on any atom is 0.269 e. The smallest absolute Gasteiger partial charge is 0.269 e. The topological polar surface area (TPSA) is 129 Å². The molecule has 194 valence electrons. The highest BCUT2D eigenvalue weighted by atomic mass is 35.5. The molecule has 3 saturated carbocycles. The van der Waals surface area contributed by atoms with Gasteiger partial charge < -0.3 is 11.1 Å². The summed E-state index contributed by atoms with van der Waals surface area (Å²) in [5.74, 6) is 1.01. The van der Waals surface area contributed by atoms with E-state index in [1.807, 2.05) is 52.2 Å². The molecule has 0 aliphatic heterocycles. The van der Waals surface area contributed by atoms with Crippen LogP contribution in [-0.2, 0) is 17.9 Å². The highest BCUT2D eigenvalue weighted by Crippen LogP contribution is 2.72. The SMILES string of the molecule is Cc1cc([C@@H](C)Nc2ccc(Cl)nc2C(N)=O)c2nc(C34CC(c5nccc(C)n5)(C3)C4)n(C)c(=O)c2c1. The lowest BCUT2D eigenvalue weighted by atomic mass is 9.34. The molecule has 0 radical (unpaired) electrons. The fourth-order valence-electron chi connectivity index (χ4n) is 6.37. The molecular formula is C28H28ClN7O2. The van der Waals surface area contributed by atoms with Gasteiger partial charge in [0.1, 0.15) is 16.8 Å². The average molecular weight is 530 g/mol. The molecular weight excluding hydrogens is 502 g/mol. The van der Waals surface area contributed by atoms with E-state index in [9.17, 15) is 9.59 Å². The first-order chi connectivity index (χ1) is 18.0. The Morgan fingerprint density at radius 2 is 1.84 bits per heavy atom. The van der Waals surface area contributed by atoms with E-state index >= 15 is 0 Å². The largest absolute Gasteiger partial charge is 0.377 e. The minimum absolute atomic E-state index is 0.0313. The number of benzene rings is 1. The Morgan fingerprint density at radius 1 is 1.11 bits per heavy atom. The summed E-state index contributed by atoms with van der Waals surface area (Å²) >= 11 is 5.98. The maximum absolute atomic E-state index is 13.6. The van der Waals surface area contributed by atoms with Crippen LogP contribution in [0.3, 0.4) is 0 Å². The number of rotatable bonds is 6. The van der Waals surface area contributed by atoms with Gasteiger partial charge in [0.2, 0.25) is 0 Å². The predicted octanol–water partition coefficient (Wildman–Crippen LogP) is 4.03. The van der Waals surface area contributed by atoms with Gasteiger partial charge in [-0.3, -0.25) is 14.2 Å². The van der Waals surface area contributed by atoms with Crippen LogP contribution in [0.25, 0.3) is 10.9 Å². The van der Waals surface area contributed by atoms with Crippen LogP contribution in [0.15, 0.2) is 41.3 Å². The number of aryl methyl sites for hydroxylation is 2. The van der Waals surface area contributed by atoms with E-state index < -0.39 is 5.91 Å². The summed E-state index contributed by atoms with van der Waals surface area (Å²) < 4.78 is 1.71. The number of pyridine rings is 1. The number of carbonyl (C=O) groups excluding carboxylic acids is 1. The van der Waals surface area contributed by atoms with E-state index in [-0.39, 0.29) is 33.3 Å². The van der Waals surface area contributed by atoms with E-state index in [1.54, 1.807) is 16.7 Å². The van der Waals surface area contributed by atoms with Crippen molar-refractivity contribution in [2.75, 3.05) is 5.32 Å². The first-order valence-corrected chi connectivity index (χ1v) is 12.9. The Labute approximate surface area is 224 Å². The van der Waals surface area contributed by atoms with Gasteiger partial charge in [-0.05, 0) is 69.9 Å². The molecule has 0 saturated heterocycles. The van der Waals surface area contributed by atoms with Crippen LogP contribution in [0.5, 0.6) is 0 Å². The number of aromatic nitrogens is 5. The van der Waals surface area contributed by atoms with Gasteiger partial charge in [0.15, 0.2) is 5.69 Å². The Morgan fingerprint density at radius 3 is 2.53 bits per heavy atom. The highest BCUT2D eigenvalue weighted by Gasteiger charge is 2.72. The monoisotopic (exact) mass is 529 g/mol. The van der Waals surface area contributed by atoms with Gasteiger partial charge in [-0.15, -0.1) is 0 Å². The standard InChI is InChI=1S/C28H28ClN7O2/c1-14-9-17(16(3)33-19-5-6-20(29)34-22(19)23(30)37)21-18(10-14)24(38)36(4)26(35-21)28-11-27(12-28,13-28)25-31-8-7-15(2)32-25/h5-10,16,33H,11-13H2,1-4H3,(H2,30,37)/t16-,27?,28?/m1/s1. The molecule has 3 aliphatic rings. The van der Waals surface area contributed by atoms with Crippen LogP contribution in [0.4, 0.5) is 5.69 Å². The molecule has 1 amide bonds. The third kappa shape index (κ3) is 3.60. The highest BCUT2D eigenvalue weighted by molar-refractivity contribution is 6.29. The molecule has 3 aliphatic carbocycles. The van der Waals surface area contributed by atoms with Crippen molar-refractivity contribution in [1.29, 1.82) is 0 Å². The van der Waals surface area contributed by atoms with Crippen LogP contribution in [0, 0.1) is 13.8 Å². The van der Waals surface area contributed by atoms with Gasteiger partial charge in [-0.2, -0.15) is 0 Å². The lowest BCUT2D eigenvalue weighted by Crippen LogP contribution is -2.69. The number of anilines is 1. The molecule has 2 bridgehead atoms. The number of amides is 1. The molecule has 0 unspecified atom stereocenters. The molecule has 3 aromatic heterocycles. The molecule has 9 nitrogen and oxygen atoms in total. The lowest BCUT2D eigenvalue weighted by molar-refractivity contribution is -0.0837. The summed E-state index contributed by atoms with van der Waals surface area (Å²) in [5, 5.41) is 4.07. The van der Waals surface area contributed by atoms with Crippen LogP contribution < -0.4 is 16.6 Å². The van der Waals surface area contributed by atoms with Crippen molar-refractivity contribution in [2.24, 2.45) is 12.8 Å². The van der Waals surface area contributed by atoms with Crippen molar-refractivity contribution in [2.45, 2.75) is 56.9 Å². The molecule has 1 aromatic carbocycles. The second-order valence-corrected chi connectivity index (χ2v) is 11.3. The first kappa shape index (κ1) is 24.5. The summed E-state index contributed by atoms with van der Waals surface area (Å²) in [6.07, 6.45) is 4.45. The fraction of sp³-hybridized carbons (Fsp3) is 0.357. The van der Waals surface area contributed by atoms with E-state index in [0.717, 1.165) is 47.7 Å². The Bertz CT molecular complexity index is 1690. The minimum Gasteiger partial charge on any atom is -0.377 e. The summed E-state index contributed by atoms with van der Waals surface area (Å²) in [6.45, 7) is 5.89. The summed E-state index contributed by atoms with van der Waals surface area (Å²) in [7, 11) is 1.81. The van der Waals surface area contributed by atoms with Crippen molar-refractivity contribution in [3.05, 3.63) is 86.2 Å². The van der Waals surface area contributed by atoms with Crippen molar-refractivity contribution in [3.8, 4) is 0 Å². The Balaban J connectivity index is 1.40. The van der Waals surface area contributed by atoms with Gasteiger partial charge in [0, 0.05) is 35.3 Å². The quantitative estimate of drug-likeness (QED) is 0.361. The van der Waals surface area contributed by atoms with E-state index in [1.165, 1.54) is 0 Å². The second-order valence-electron chi connectivity index (χ2n) is 10.9. The number of hydrogen-bond acceptors (Lipinski definition) is 7. The van der Waals surface area contributed by atoms with Crippen molar-refractivity contribution in [1.82, 2.24) is 24.5 Å². The number of carbonyl (C=O) groups is 1. The maximum atomic E-state index is 13.6. The molecule has 3 fully saturated rings. The molecule has 3 heterocycles. The molecule has 4 aromatic rings. The third-order valence-corrected chi connectivity index (χ3v) is 8.27. The van der Waals surface area contributed by atoms with Crippen LogP contribution in [-0.4, -0.2) is 30.4 Å². The number of fused-ring (bicyclic) bond motifs is 1. The fourth-order valence-corrected chi connectivity index (χ4v) is 6.52. The molecule has 7 rings (SSSR count). The van der Waals surface area contributed by atoms with Gasteiger partial charge >= 0.3 is 0 Å². The third-order valence-electron chi connectivity index (χ3n) is 8.06. The lowest BCUT2D eigenvalue weighted by Gasteiger charge is -2.69. The molecule has 1 atom stereocenters. The molecule has 0 spiro atoms. The zero-order valence-corrected chi connectivity index (χ0v) is 22.4. The van der Waals surface area contributed by atoms with Crippen LogP contribution in [0.1, 0.15) is 71.2 Å². The molecule has 38 heavy (non-hydrogen) atoms. The second kappa shape index (κ2) is 8.33. The van der Waals surface area contributed by atoms with Gasteiger partial charge in [0.25, 0.3) is 11.5 Å². The molecule has 3 N–H and O–H groups in total. The van der Waals surface area contributed by atoms with Crippen molar-refractivity contribution >= 4 is 34.1 Å². The summed E-state index contributed by atoms with van der Waals surface area (Å²) in [6, 6.07) is 8.79. The normalized spacial score (nSPS) is 22.4. The van der Waals surface area contributed by atoms with Gasteiger partial charge in [0.05, 0.1) is 22.6 Å². The number of primary amides is 1. The summed E-state index contributed by atoms with van der Waals surface area (Å²) in [4.78, 5) is 44.0. The van der Waals surface area contributed by atoms with E-state index in [2.05, 4.69) is 20.3 Å². The number of hydrogen-bond donors (Lipinski definition) is 2. The Hall–Kier alpha value is -3.85. The predicted molar refractivity (Wildman–Crippen MR) is 145 cm³/mol. The average Bonchev–Trinajstić information content (AvgIpc) is 2.81. The molecule has 10 heteroatoms. The van der Waals surface area contributed by atoms with Crippen LogP contribution >= 0.6 is 11.6 Å². The van der Waals surface area contributed by atoms with Gasteiger partial charge in [-0.1, -0.05) is 17.7 Å². The van der Waals surface area contributed by atoms with E-state index in [0.29, 0.717) is 16.6 Å². The van der Waals surface area contributed by atoms with Gasteiger partial charge in [-0.25, -0.2) is 19.9 Å². The number of nitrogens with two attached hydrogens (primary N) is 1.